The van der Waals surface area contributed by atoms with E-state index >= 15 is 0 Å². The zero-order valence-corrected chi connectivity index (χ0v) is 13.2. The number of β-amino-alcohol motifs (C(OH)–C–C–N with tert-alkyl or cyclic N) is 1. The summed E-state index contributed by atoms with van der Waals surface area (Å²) in [6.07, 6.45) is 0.293. The molecule has 1 aromatic rings. The Morgan fingerprint density at radius 1 is 1.62 bits per heavy atom. The average molecular weight is 334 g/mol. The summed E-state index contributed by atoms with van der Waals surface area (Å²) in [5, 5.41) is 32.4. The molecular formula is C15H18N4O5. The molecule has 2 rings (SSSR count). The van der Waals surface area contributed by atoms with Crippen molar-refractivity contribution in [1.82, 2.24) is 4.90 Å². The van der Waals surface area contributed by atoms with Gasteiger partial charge in [-0.15, -0.1) is 0 Å². The van der Waals surface area contributed by atoms with Crippen LogP contribution < -0.4 is 10.1 Å². The molecule has 0 spiro atoms. The number of likely N-dealkylation sites (tertiary alicyclic amines) is 1. The Bertz CT molecular complexity index is 687. The third-order valence-corrected chi connectivity index (χ3v) is 3.74. The summed E-state index contributed by atoms with van der Waals surface area (Å²) in [6.45, 7) is 2.35. The summed E-state index contributed by atoms with van der Waals surface area (Å²) in [4.78, 5) is 24.0. The lowest BCUT2D eigenvalue weighted by Gasteiger charge is -2.21. The van der Waals surface area contributed by atoms with E-state index in [0.717, 1.165) is 0 Å². The molecule has 1 unspecified atom stereocenters. The number of nitriles is 1. The monoisotopic (exact) mass is 334 g/mol. The van der Waals surface area contributed by atoms with Crippen molar-refractivity contribution in [2.24, 2.45) is 0 Å². The first-order valence-electron chi connectivity index (χ1n) is 7.45. The number of rotatable bonds is 5. The van der Waals surface area contributed by atoms with E-state index in [4.69, 9.17) is 10.00 Å². The molecule has 0 aliphatic carbocycles. The number of nitro groups is 1. The van der Waals surface area contributed by atoms with Crippen LogP contribution in [0.15, 0.2) is 18.2 Å². The Hall–Kier alpha value is -2.86. The van der Waals surface area contributed by atoms with E-state index in [2.05, 4.69) is 5.32 Å². The highest BCUT2D eigenvalue weighted by Gasteiger charge is 2.38. The Kier molecular flexibility index (Phi) is 5.21. The van der Waals surface area contributed by atoms with E-state index in [9.17, 15) is 20.0 Å². The number of ether oxygens (including phenoxy) is 1. The van der Waals surface area contributed by atoms with E-state index in [0.29, 0.717) is 18.7 Å². The van der Waals surface area contributed by atoms with Crippen LogP contribution in [0.25, 0.3) is 0 Å². The van der Waals surface area contributed by atoms with Gasteiger partial charge in [-0.1, -0.05) is 0 Å². The minimum absolute atomic E-state index is 0.0389. The van der Waals surface area contributed by atoms with E-state index in [1.54, 1.807) is 6.92 Å². The number of hydrogen-bond donors (Lipinski definition) is 2. The molecule has 1 aromatic carbocycles. The molecule has 9 nitrogen and oxygen atoms in total. The van der Waals surface area contributed by atoms with Crippen LogP contribution in [0, 0.1) is 21.4 Å². The lowest BCUT2D eigenvalue weighted by Crippen LogP contribution is -2.38. The molecule has 0 aromatic heterocycles. The van der Waals surface area contributed by atoms with Gasteiger partial charge in [0.1, 0.15) is 0 Å². The van der Waals surface area contributed by atoms with Crippen molar-refractivity contribution < 1.29 is 19.6 Å². The summed E-state index contributed by atoms with van der Waals surface area (Å²) in [6, 6.07) is 5.52. The van der Waals surface area contributed by atoms with Crippen LogP contribution >= 0.6 is 0 Å². The standard InChI is InChI=1S/C15H18N4O5/c1-2-24-13-9-11(3-4-12(13)19(22)23)17-14(20)18-8-6-15(21,10-18)5-7-16/h3-4,9,21H,2,5-6,8,10H2,1H3,(H,17,20). The van der Waals surface area contributed by atoms with Gasteiger partial charge in [0.05, 0.1) is 36.2 Å². The molecule has 24 heavy (non-hydrogen) atoms. The van der Waals surface area contributed by atoms with Crippen molar-refractivity contribution in [3.05, 3.63) is 28.3 Å². The fraction of sp³-hybridized carbons (Fsp3) is 0.467. The first-order valence-corrected chi connectivity index (χ1v) is 7.45. The highest BCUT2D eigenvalue weighted by molar-refractivity contribution is 5.90. The van der Waals surface area contributed by atoms with Crippen LogP contribution in [0.5, 0.6) is 5.75 Å². The summed E-state index contributed by atoms with van der Waals surface area (Å²) in [7, 11) is 0. The van der Waals surface area contributed by atoms with E-state index in [1.165, 1.54) is 23.1 Å². The topological polar surface area (TPSA) is 129 Å². The van der Waals surface area contributed by atoms with Crippen molar-refractivity contribution in [3.63, 3.8) is 0 Å². The zero-order valence-electron chi connectivity index (χ0n) is 13.2. The molecule has 2 N–H and O–H groups in total. The second-order valence-corrected chi connectivity index (χ2v) is 5.53. The number of anilines is 1. The van der Waals surface area contributed by atoms with E-state index < -0.39 is 16.6 Å². The Labute approximate surface area is 138 Å². The predicted octanol–water partition coefficient (Wildman–Crippen LogP) is 1.88. The summed E-state index contributed by atoms with van der Waals surface area (Å²) >= 11 is 0. The number of amides is 2. The van der Waals surface area contributed by atoms with Crippen LogP contribution in [-0.2, 0) is 0 Å². The molecule has 1 aliphatic heterocycles. The zero-order chi connectivity index (χ0) is 17.7. The molecule has 1 saturated heterocycles. The third kappa shape index (κ3) is 3.91. The number of hydrogen-bond acceptors (Lipinski definition) is 6. The maximum absolute atomic E-state index is 12.2. The van der Waals surface area contributed by atoms with Crippen LogP contribution in [0.2, 0.25) is 0 Å². The van der Waals surface area contributed by atoms with Crippen molar-refractivity contribution in [3.8, 4) is 11.8 Å². The molecule has 128 valence electrons. The van der Waals surface area contributed by atoms with Gasteiger partial charge in [-0.2, -0.15) is 5.26 Å². The molecule has 1 fully saturated rings. The second kappa shape index (κ2) is 7.14. The second-order valence-electron chi connectivity index (χ2n) is 5.53. The molecule has 1 atom stereocenters. The predicted molar refractivity (Wildman–Crippen MR) is 84.7 cm³/mol. The largest absolute Gasteiger partial charge is 0.487 e. The average Bonchev–Trinajstić information content (AvgIpc) is 2.90. The van der Waals surface area contributed by atoms with Gasteiger partial charge in [-0.3, -0.25) is 10.1 Å². The number of nitrogens with one attached hydrogen (secondary N) is 1. The van der Waals surface area contributed by atoms with Gasteiger partial charge in [0.15, 0.2) is 5.75 Å². The molecule has 0 saturated carbocycles. The highest BCUT2D eigenvalue weighted by atomic mass is 16.6. The summed E-state index contributed by atoms with van der Waals surface area (Å²) in [5.41, 5.74) is -1.01. The van der Waals surface area contributed by atoms with Gasteiger partial charge < -0.3 is 20.1 Å². The van der Waals surface area contributed by atoms with Crippen molar-refractivity contribution in [2.45, 2.75) is 25.4 Å². The van der Waals surface area contributed by atoms with Crippen LogP contribution in [0.4, 0.5) is 16.2 Å². The maximum Gasteiger partial charge on any atom is 0.321 e. The van der Waals surface area contributed by atoms with Crippen LogP contribution in [0.1, 0.15) is 19.8 Å². The quantitative estimate of drug-likeness (QED) is 0.625. The molecule has 2 amide bonds. The number of benzene rings is 1. The maximum atomic E-state index is 12.2. The molecule has 0 radical (unpaired) electrons. The smallest absolute Gasteiger partial charge is 0.321 e. The molecule has 1 aliphatic rings. The fourth-order valence-corrected chi connectivity index (χ4v) is 2.54. The highest BCUT2D eigenvalue weighted by Crippen LogP contribution is 2.31. The first-order chi connectivity index (χ1) is 11.4. The van der Waals surface area contributed by atoms with Crippen molar-refractivity contribution in [1.29, 1.82) is 5.26 Å². The third-order valence-electron chi connectivity index (χ3n) is 3.74. The van der Waals surface area contributed by atoms with Gasteiger partial charge in [-0.25, -0.2) is 4.79 Å². The Morgan fingerprint density at radius 3 is 3.00 bits per heavy atom. The molecular weight excluding hydrogens is 316 g/mol. The lowest BCUT2D eigenvalue weighted by molar-refractivity contribution is -0.385. The Balaban J connectivity index is 2.08. The van der Waals surface area contributed by atoms with Gasteiger partial charge in [-0.05, 0) is 19.4 Å². The first kappa shape index (κ1) is 17.5. The van der Waals surface area contributed by atoms with E-state index in [1.807, 2.05) is 6.07 Å². The number of carbonyl (C=O) groups is 1. The van der Waals surface area contributed by atoms with Gasteiger partial charge in [0.2, 0.25) is 0 Å². The molecule has 0 bridgehead atoms. The number of nitrogens with zero attached hydrogens (tertiary/aromatic N) is 3. The van der Waals surface area contributed by atoms with Gasteiger partial charge in [0, 0.05) is 24.4 Å². The van der Waals surface area contributed by atoms with Crippen LogP contribution in [-0.4, -0.2) is 46.3 Å². The van der Waals surface area contributed by atoms with Crippen molar-refractivity contribution >= 4 is 17.4 Å². The van der Waals surface area contributed by atoms with Crippen LogP contribution in [0.3, 0.4) is 0 Å². The summed E-state index contributed by atoms with van der Waals surface area (Å²) in [5.74, 6) is 0.0720. The normalized spacial score (nSPS) is 19.6. The SMILES string of the molecule is CCOc1cc(NC(=O)N2CCC(O)(CC#N)C2)ccc1[N+](=O)[O-]. The van der Waals surface area contributed by atoms with Gasteiger partial charge >= 0.3 is 11.7 Å². The van der Waals surface area contributed by atoms with E-state index in [-0.39, 0.29) is 31.0 Å². The fourth-order valence-electron chi connectivity index (χ4n) is 2.54. The Morgan fingerprint density at radius 2 is 2.38 bits per heavy atom. The number of aliphatic hydroxyl groups is 1. The number of nitro benzene ring substituents is 1. The minimum atomic E-state index is -1.18. The number of urea groups is 1. The minimum Gasteiger partial charge on any atom is -0.487 e. The molecule has 1 heterocycles. The lowest BCUT2D eigenvalue weighted by atomic mass is 10.0. The number of carbonyl (C=O) groups excluding carboxylic acids is 1. The summed E-state index contributed by atoms with van der Waals surface area (Å²) < 4.78 is 5.23. The van der Waals surface area contributed by atoms with Gasteiger partial charge in [0.25, 0.3) is 0 Å². The molecule has 9 heteroatoms. The van der Waals surface area contributed by atoms with Crippen molar-refractivity contribution in [2.75, 3.05) is 25.0 Å².